The van der Waals surface area contributed by atoms with Crippen molar-refractivity contribution >= 4 is 17.5 Å². The molecule has 0 atom stereocenters. The lowest BCUT2D eigenvalue weighted by atomic mass is 9.80. The Labute approximate surface area is 91.0 Å². The summed E-state index contributed by atoms with van der Waals surface area (Å²) in [5, 5.41) is 0. The van der Waals surface area contributed by atoms with E-state index in [1.807, 2.05) is 11.8 Å². The van der Waals surface area contributed by atoms with Gasteiger partial charge in [0.15, 0.2) is 0 Å². The van der Waals surface area contributed by atoms with E-state index in [2.05, 4.69) is 0 Å². The van der Waals surface area contributed by atoms with Crippen molar-refractivity contribution in [3.05, 3.63) is 0 Å². The molecule has 2 fully saturated rings. The molecule has 0 radical (unpaired) electrons. The molecule has 0 aromatic rings. The normalized spacial score (nSPS) is 24.6. The largest absolute Gasteiger partial charge is 0.300 e. The molecule has 2 rings (SSSR count). The molecule has 1 nitrogen and oxygen atoms in total. The molecule has 1 saturated carbocycles. The fourth-order valence-electron chi connectivity index (χ4n) is 2.37. The van der Waals surface area contributed by atoms with Gasteiger partial charge in [0.1, 0.15) is 5.78 Å². The number of thioether (sulfide) groups is 1. The van der Waals surface area contributed by atoms with E-state index in [1.165, 1.54) is 43.6 Å². The highest BCUT2D eigenvalue weighted by Gasteiger charge is 2.23. The maximum atomic E-state index is 11.7. The van der Waals surface area contributed by atoms with E-state index in [4.69, 9.17) is 0 Å². The minimum absolute atomic E-state index is 0.548. The van der Waals surface area contributed by atoms with Crippen molar-refractivity contribution in [3.8, 4) is 0 Å². The first-order valence-electron chi connectivity index (χ1n) is 5.94. The number of hydrogen-bond donors (Lipinski definition) is 0. The molecule has 1 aliphatic carbocycles. The second-order valence-electron chi connectivity index (χ2n) is 4.80. The van der Waals surface area contributed by atoms with Gasteiger partial charge in [0.25, 0.3) is 0 Å². The lowest BCUT2D eigenvalue weighted by Gasteiger charge is -2.26. The van der Waals surface area contributed by atoms with E-state index in [9.17, 15) is 4.79 Å². The zero-order valence-electron chi connectivity index (χ0n) is 8.84. The van der Waals surface area contributed by atoms with Crippen LogP contribution in [0.4, 0.5) is 0 Å². The van der Waals surface area contributed by atoms with E-state index in [-0.39, 0.29) is 0 Å². The van der Waals surface area contributed by atoms with Crippen molar-refractivity contribution in [3.63, 3.8) is 0 Å². The summed E-state index contributed by atoms with van der Waals surface area (Å²) in [6, 6.07) is 0. The van der Waals surface area contributed by atoms with Crippen molar-refractivity contribution in [2.24, 2.45) is 11.8 Å². The fraction of sp³-hybridized carbons (Fsp3) is 0.917. The SMILES string of the molecule is O=C(CC1CCC1)CC1CCSCC1. The molecule has 1 aliphatic heterocycles. The molecule has 0 spiro atoms. The Morgan fingerprint density at radius 2 is 1.57 bits per heavy atom. The van der Waals surface area contributed by atoms with Gasteiger partial charge in [-0.1, -0.05) is 19.3 Å². The zero-order valence-corrected chi connectivity index (χ0v) is 9.65. The molecule has 2 heteroatoms. The predicted molar refractivity (Wildman–Crippen MR) is 61.6 cm³/mol. The lowest BCUT2D eigenvalue weighted by molar-refractivity contribution is -0.121. The van der Waals surface area contributed by atoms with Crippen LogP contribution in [-0.4, -0.2) is 17.3 Å². The van der Waals surface area contributed by atoms with Gasteiger partial charge in [-0.3, -0.25) is 4.79 Å². The van der Waals surface area contributed by atoms with Gasteiger partial charge in [-0.2, -0.15) is 11.8 Å². The van der Waals surface area contributed by atoms with E-state index < -0.39 is 0 Å². The Kier molecular flexibility index (Phi) is 3.91. The summed E-state index contributed by atoms with van der Waals surface area (Å²) in [6.07, 6.45) is 8.32. The Hall–Kier alpha value is 0.0200. The van der Waals surface area contributed by atoms with Crippen LogP contribution in [0, 0.1) is 11.8 Å². The average molecular weight is 212 g/mol. The van der Waals surface area contributed by atoms with Crippen molar-refractivity contribution < 1.29 is 4.79 Å². The molecule has 0 aromatic carbocycles. The Morgan fingerprint density at radius 3 is 2.07 bits per heavy atom. The maximum absolute atomic E-state index is 11.7. The first-order valence-corrected chi connectivity index (χ1v) is 7.09. The van der Waals surface area contributed by atoms with E-state index in [0.29, 0.717) is 5.78 Å². The standard InChI is InChI=1S/C12H20OS/c13-12(8-10-2-1-3-10)9-11-4-6-14-7-5-11/h10-11H,1-9H2. The van der Waals surface area contributed by atoms with Gasteiger partial charge in [-0.05, 0) is 36.2 Å². The smallest absolute Gasteiger partial charge is 0.133 e. The summed E-state index contributed by atoms with van der Waals surface area (Å²) >= 11 is 2.04. The first-order chi connectivity index (χ1) is 6.84. The molecular formula is C12H20OS. The van der Waals surface area contributed by atoms with Gasteiger partial charge in [0.05, 0.1) is 0 Å². The predicted octanol–water partition coefficient (Wildman–Crippen LogP) is 3.28. The van der Waals surface area contributed by atoms with Gasteiger partial charge < -0.3 is 0 Å². The summed E-state index contributed by atoms with van der Waals surface area (Å²) in [4.78, 5) is 11.7. The summed E-state index contributed by atoms with van der Waals surface area (Å²) < 4.78 is 0. The number of hydrogen-bond acceptors (Lipinski definition) is 2. The van der Waals surface area contributed by atoms with Gasteiger partial charge in [0, 0.05) is 12.8 Å². The second kappa shape index (κ2) is 5.20. The highest BCUT2D eigenvalue weighted by molar-refractivity contribution is 7.99. The van der Waals surface area contributed by atoms with Crippen molar-refractivity contribution in [2.45, 2.75) is 44.9 Å². The molecule has 0 N–H and O–H groups in total. The van der Waals surface area contributed by atoms with Gasteiger partial charge in [-0.25, -0.2) is 0 Å². The first kappa shape index (κ1) is 10.5. The topological polar surface area (TPSA) is 17.1 Å². The molecule has 0 amide bonds. The molecule has 80 valence electrons. The Balaban J connectivity index is 1.64. The Bertz CT molecular complexity index is 192. The fourth-order valence-corrected chi connectivity index (χ4v) is 3.58. The number of carbonyl (C=O) groups is 1. The quantitative estimate of drug-likeness (QED) is 0.711. The van der Waals surface area contributed by atoms with Crippen LogP contribution in [0.3, 0.4) is 0 Å². The van der Waals surface area contributed by atoms with Crippen molar-refractivity contribution in [2.75, 3.05) is 11.5 Å². The summed E-state index contributed by atoms with van der Waals surface area (Å²) in [7, 11) is 0. The third kappa shape index (κ3) is 3.01. The zero-order chi connectivity index (χ0) is 9.80. The highest BCUT2D eigenvalue weighted by Crippen LogP contribution is 2.32. The molecular weight excluding hydrogens is 192 g/mol. The van der Waals surface area contributed by atoms with Crippen LogP contribution >= 0.6 is 11.8 Å². The van der Waals surface area contributed by atoms with E-state index >= 15 is 0 Å². The molecule has 1 saturated heterocycles. The molecule has 0 unspecified atom stereocenters. The molecule has 0 bridgehead atoms. The number of carbonyl (C=O) groups excluding carboxylic acids is 1. The Morgan fingerprint density at radius 1 is 1.00 bits per heavy atom. The molecule has 1 heterocycles. The van der Waals surface area contributed by atoms with Crippen LogP contribution in [0.1, 0.15) is 44.9 Å². The van der Waals surface area contributed by atoms with Crippen LogP contribution in [0.25, 0.3) is 0 Å². The van der Waals surface area contributed by atoms with E-state index in [1.54, 1.807) is 0 Å². The molecule has 2 aliphatic rings. The van der Waals surface area contributed by atoms with Crippen molar-refractivity contribution in [1.82, 2.24) is 0 Å². The highest BCUT2D eigenvalue weighted by atomic mass is 32.2. The third-order valence-electron chi connectivity index (χ3n) is 3.60. The summed E-state index contributed by atoms with van der Waals surface area (Å²) in [5.74, 6) is 4.60. The third-order valence-corrected chi connectivity index (χ3v) is 4.65. The summed E-state index contributed by atoms with van der Waals surface area (Å²) in [6.45, 7) is 0. The lowest BCUT2D eigenvalue weighted by Crippen LogP contribution is -2.19. The van der Waals surface area contributed by atoms with Gasteiger partial charge in [0.2, 0.25) is 0 Å². The summed E-state index contributed by atoms with van der Waals surface area (Å²) in [5.41, 5.74) is 0. The average Bonchev–Trinajstić information content (AvgIpc) is 2.13. The molecule has 0 aromatic heterocycles. The van der Waals surface area contributed by atoms with Crippen LogP contribution in [0.2, 0.25) is 0 Å². The van der Waals surface area contributed by atoms with Crippen LogP contribution in [0.5, 0.6) is 0 Å². The van der Waals surface area contributed by atoms with Gasteiger partial charge >= 0.3 is 0 Å². The second-order valence-corrected chi connectivity index (χ2v) is 6.02. The minimum atomic E-state index is 0.548. The van der Waals surface area contributed by atoms with Crippen LogP contribution < -0.4 is 0 Å². The number of rotatable bonds is 4. The monoisotopic (exact) mass is 212 g/mol. The minimum Gasteiger partial charge on any atom is -0.300 e. The van der Waals surface area contributed by atoms with Crippen molar-refractivity contribution in [1.29, 1.82) is 0 Å². The number of ketones is 1. The van der Waals surface area contributed by atoms with Gasteiger partial charge in [-0.15, -0.1) is 0 Å². The number of Topliss-reactive ketones (excluding diaryl/α,β-unsaturated/α-hetero) is 1. The molecule has 14 heavy (non-hydrogen) atoms. The van der Waals surface area contributed by atoms with Crippen LogP contribution in [-0.2, 0) is 4.79 Å². The maximum Gasteiger partial charge on any atom is 0.133 e. The van der Waals surface area contributed by atoms with E-state index in [0.717, 1.165) is 24.7 Å². The van der Waals surface area contributed by atoms with Crippen LogP contribution in [0.15, 0.2) is 0 Å².